The molecule has 0 N–H and O–H groups in total. The zero-order chi connectivity index (χ0) is 11.7. The lowest BCUT2D eigenvalue weighted by molar-refractivity contribution is -0.132. The van der Waals surface area contributed by atoms with Gasteiger partial charge < -0.3 is 4.74 Å². The molecule has 2 rings (SSSR count). The highest BCUT2D eigenvalue weighted by molar-refractivity contribution is 5.98. The summed E-state index contributed by atoms with van der Waals surface area (Å²) in [4.78, 5) is 35.4. The topological polar surface area (TPSA) is 63.7 Å². The number of ether oxygens (including phenoxy) is 1. The normalized spacial score (nSPS) is 29.4. The van der Waals surface area contributed by atoms with Crippen molar-refractivity contribution in [2.75, 3.05) is 13.2 Å². The maximum Gasteiger partial charge on any atom is 0.416 e. The SMILES string of the molecule is C[C@H]1CC(=O)C=C[C@@H]1C(=O)N1CCOC1=O. The minimum atomic E-state index is -0.581. The molecule has 86 valence electrons. The molecule has 1 heterocycles. The molecule has 0 bridgehead atoms. The van der Waals surface area contributed by atoms with Crippen LogP contribution in [0.1, 0.15) is 13.3 Å². The number of nitrogens with zero attached hydrogens (tertiary/aromatic N) is 1. The van der Waals surface area contributed by atoms with Crippen molar-refractivity contribution in [1.82, 2.24) is 4.90 Å². The first-order chi connectivity index (χ1) is 7.59. The Labute approximate surface area is 93.0 Å². The van der Waals surface area contributed by atoms with Gasteiger partial charge in [-0.1, -0.05) is 13.0 Å². The fourth-order valence-corrected chi connectivity index (χ4v) is 2.01. The monoisotopic (exact) mass is 223 g/mol. The van der Waals surface area contributed by atoms with E-state index in [9.17, 15) is 14.4 Å². The number of imide groups is 1. The highest BCUT2D eigenvalue weighted by Gasteiger charge is 2.36. The van der Waals surface area contributed by atoms with Crippen LogP contribution in [0.4, 0.5) is 4.79 Å². The van der Waals surface area contributed by atoms with Crippen molar-refractivity contribution < 1.29 is 19.1 Å². The molecular formula is C11H13NO4. The molecule has 2 atom stereocenters. The van der Waals surface area contributed by atoms with Gasteiger partial charge in [0, 0.05) is 6.42 Å². The Kier molecular flexibility index (Phi) is 2.77. The maximum absolute atomic E-state index is 12.0. The number of hydrogen-bond acceptors (Lipinski definition) is 4. The van der Waals surface area contributed by atoms with Gasteiger partial charge in [-0.05, 0) is 12.0 Å². The minimum absolute atomic E-state index is 0.0283. The third-order valence-electron chi connectivity index (χ3n) is 2.94. The highest BCUT2D eigenvalue weighted by atomic mass is 16.6. The molecule has 0 unspecified atom stereocenters. The van der Waals surface area contributed by atoms with E-state index < -0.39 is 6.09 Å². The van der Waals surface area contributed by atoms with Crippen LogP contribution in [0.3, 0.4) is 0 Å². The molecule has 0 aromatic carbocycles. The largest absolute Gasteiger partial charge is 0.447 e. The molecular weight excluding hydrogens is 210 g/mol. The fourth-order valence-electron chi connectivity index (χ4n) is 2.01. The van der Waals surface area contributed by atoms with Crippen molar-refractivity contribution in [1.29, 1.82) is 0 Å². The van der Waals surface area contributed by atoms with Crippen molar-refractivity contribution in [3.8, 4) is 0 Å². The van der Waals surface area contributed by atoms with Crippen LogP contribution in [0, 0.1) is 11.8 Å². The molecule has 1 saturated heterocycles. The van der Waals surface area contributed by atoms with E-state index in [0.29, 0.717) is 13.0 Å². The van der Waals surface area contributed by atoms with Crippen LogP contribution in [0.15, 0.2) is 12.2 Å². The number of allylic oxidation sites excluding steroid dienone is 1. The number of amides is 2. The average molecular weight is 223 g/mol. The molecule has 0 aromatic heterocycles. The lowest BCUT2D eigenvalue weighted by Crippen LogP contribution is -2.39. The lowest BCUT2D eigenvalue weighted by atomic mass is 9.84. The zero-order valence-corrected chi connectivity index (χ0v) is 9.01. The van der Waals surface area contributed by atoms with E-state index in [2.05, 4.69) is 0 Å². The lowest BCUT2D eigenvalue weighted by Gasteiger charge is -2.24. The Balaban J connectivity index is 2.12. The van der Waals surface area contributed by atoms with E-state index in [0.717, 1.165) is 4.90 Å². The Hall–Kier alpha value is -1.65. The summed E-state index contributed by atoms with van der Waals surface area (Å²) in [7, 11) is 0. The van der Waals surface area contributed by atoms with Crippen molar-refractivity contribution in [2.45, 2.75) is 13.3 Å². The summed E-state index contributed by atoms with van der Waals surface area (Å²) >= 11 is 0. The Morgan fingerprint density at radius 1 is 1.50 bits per heavy atom. The zero-order valence-electron chi connectivity index (χ0n) is 9.01. The first-order valence-electron chi connectivity index (χ1n) is 5.29. The second kappa shape index (κ2) is 4.08. The number of ketones is 1. The van der Waals surface area contributed by atoms with E-state index in [1.54, 1.807) is 6.08 Å². The van der Waals surface area contributed by atoms with Gasteiger partial charge in [-0.3, -0.25) is 9.59 Å². The number of carbonyl (C=O) groups excluding carboxylic acids is 3. The number of carbonyl (C=O) groups is 3. The summed E-state index contributed by atoms with van der Waals surface area (Å²) in [6, 6.07) is 0. The fraction of sp³-hybridized carbons (Fsp3) is 0.545. The van der Waals surface area contributed by atoms with Crippen molar-refractivity contribution in [2.24, 2.45) is 11.8 Å². The van der Waals surface area contributed by atoms with E-state index in [-0.39, 0.29) is 30.1 Å². The Morgan fingerprint density at radius 2 is 2.25 bits per heavy atom. The molecule has 0 aromatic rings. The summed E-state index contributed by atoms with van der Waals surface area (Å²) in [6.45, 7) is 2.41. The molecule has 5 heteroatoms. The third-order valence-corrected chi connectivity index (χ3v) is 2.94. The van der Waals surface area contributed by atoms with Gasteiger partial charge >= 0.3 is 6.09 Å². The standard InChI is InChI=1S/C11H13NO4/c1-7-6-8(13)2-3-9(7)10(14)12-4-5-16-11(12)15/h2-3,7,9H,4-6H2,1H3/t7-,9-/m0/s1. The average Bonchev–Trinajstić information content (AvgIpc) is 2.63. The summed E-state index contributed by atoms with van der Waals surface area (Å²) in [5, 5.41) is 0. The number of rotatable bonds is 1. The van der Waals surface area contributed by atoms with Crippen LogP contribution in [-0.2, 0) is 14.3 Å². The van der Waals surface area contributed by atoms with Crippen LogP contribution in [0.2, 0.25) is 0 Å². The second-order valence-corrected chi connectivity index (χ2v) is 4.14. The van der Waals surface area contributed by atoms with Gasteiger partial charge in [0.15, 0.2) is 5.78 Å². The molecule has 1 aliphatic carbocycles. The van der Waals surface area contributed by atoms with Crippen LogP contribution in [0.5, 0.6) is 0 Å². The van der Waals surface area contributed by atoms with Crippen molar-refractivity contribution in [3.63, 3.8) is 0 Å². The van der Waals surface area contributed by atoms with Crippen LogP contribution >= 0.6 is 0 Å². The maximum atomic E-state index is 12.0. The van der Waals surface area contributed by atoms with Gasteiger partial charge in [-0.2, -0.15) is 0 Å². The van der Waals surface area contributed by atoms with Crippen molar-refractivity contribution in [3.05, 3.63) is 12.2 Å². The van der Waals surface area contributed by atoms with Gasteiger partial charge in [-0.25, -0.2) is 9.69 Å². The van der Waals surface area contributed by atoms with Gasteiger partial charge in [0.05, 0.1) is 12.5 Å². The second-order valence-electron chi connectivity index (χ2n) is 4.14. The van der Waals surface area contributed by atoms with Crippen molar-refractivity contribution >= 4 is 17.8 Å². The van der Waals surface area contributed by atoms with Gasteiger partial charge in [0.25, 0.3) is 0 Å². The summed E-state index contributed by atoms with van der Waals surface area (Å²) in [6.07, 6.45) is 2.78. The molecule has 0 radical (unpaired) electrons. The Bertz CT molecular complexity index is 374. The van der Waals surface area contributed by atoms with Crippen LogP contribution in [-0.4, -0.2) is 35.8 Å². The summed E-state index contributed by atoms with van der Waals surface area (Å²) in [5.74, 6) is -0.680. The molecule has 2 amide bonds. The predicted molar refractivity (Wildman–Crippen MR) is 54.5 cm³/mol. The number of hydrogen-bond donors (Lipinski definition) is 0. The molecule has 0 spiro atoms. The number of cyclic esters (lactones) is 1. The molecule has 5 nitrogen and oxygen atoms in total. The van der Waals surface area contributed by atoms with Gasteiger partial charge in [0.2, 0.25) is 5.91 Å². The predicted octanol–water partition coefficient (Wildman–Crippen LogP) is 0.746. The Morgan fingerprint density at radius 3 is 2.81 bits per heavy atom. The molecule has 1 fully saturated rings. The van der Waals surface area contributed by atoms with Crippen LogP contribution in [0.25, 0.3) is 0 Å². The first-order valence-corrected chi connectivity index (χ1v) is 5.29. The third kappa shape index (κ3) is 1.85. The van der Waals surface area contributed by atoms with E-state index >= 15 is 0 Å². The molecule has 2 aliphatic rings. The summed E-state index contributed by atoms with van der Waals surface area (Å²) < 4.78 is 4.71. The van der Waals surface area contributed by atoms with E-state index in [1.165, 1.54) is 6.08 Å². The van der Waals surface area contributed by atoms with Gasteiger partial charge in [-0.15, -0.1) is 0 Å². The highest BCUT2D eigenvalue weighted by Crippen LogP contribution is 2.25. The smallest absolute Gasteiger partial charge is 0.416 e. The molecule has 1 aliphatic heterocycles. The van der Waals surface area contributed by atoms with Crippen LogP contribution < -0.4 is 0 Å². The first kappa shape index (κ1) is 10.9. The van der Waals surface area contributed by atoms with Gasteiger partial charge in [0.1, 0.15) is 6.61 Å². The minimum Gasteiger partial charge on any atom is -0.447 e. The van der Waals surface area contributed by atoms with E-state index in [1.807, 2.05) is 6.92 Å². The summed E-state index contributed by atoms with van der Waals surface area (Å²) in [5.41, 5.74) is 0. The molecule has 0 saturated carbocycles. The molecule has 16 heavy (non-hydrogen) atoms. The quantitative estimate of drug-likeness (QED) is 0.658. The van der Waals surface area contributed by atoms with E-state index in [4.69, 9.17) is 4.74 Å².